The lowest BCUT2D eigenvalue weighted by Gasteiger charge is -2.26. The van der Waals surface area contributed by atoms with Crippen molar-refractivity contribution in [3.8, 4) is 11.5 Å². The molecule has 0 spiro atoms. The highest BCUT2D eigenvalue weighted by molar-refractivity contribution is 6.46. The van der Waals surface area contributed by atoms with Crippen molar-refractivity contribution >= 4 is 17.4 Å². The summed E-state index contributed by atoms with van der Waals surface area (Å²) in [5.41, 5.74) is 2.39. The molecule has 0 bridgehead atoms. The number of fused-ring (bicyclic) bond motifs is 1. The Balaban J connectivity index is 1.68. The van der Waals surface area contributed by atoms with Crippen molar-refractivity contribution in [1.82, 2.24) is 9.80 Å². The molecule has 2 aliphatic rings. The minimum Gasteiger partial charge on any atom is -0.507 e. The van der Waals surface area contributed by atoms with E-state index in [-0.39, 0.29) is 17.4 Å². The molecule has 198 valence electrons. The first kappa shape index (κ1) is 26.7. The van der Waals surface area contributed by atoms with Gasteiger partial charge >= 0.3 is 0 Å². The molecule has 7 nitrogen and oxygen atoms in total. The monoisotopic (exact) mass is 506 g/mol. The lowest BCUT2D eigenvalue weighted by molar-refractivity contribution is -0.139. The SMILES string of the molecule is CCCCCOc1ccc(C2C(=C(O)c3ccc4c(c3)CC(C)O4)C(=O)C(=O)N2CCCN(C)C)cc1. The lowest BCUT2D eigenvalue weighted by atomic mass is 9.94. The van der Waals surface area contributed by atoms with Crippen molar-refractivity contribution < 1.29 is 24.2 Å². The summed E-state index contributed by atoms with van der Waals surface area (Å²) in [5.74, 6) is 0.151. The van der Waals surface area contributed by atoms with Crippen molar-refractivity contribution in [3.05, 3.63) is 64.7 Å². The highest BCUT2D eigenvalue weighted by atomic mass is 16.5. The van der Waals surface area contributed by atoms with Gasteiger partial charge in [0.05, 0.1) is 18.2 Å². The van der Waals surface area contributed by atoms with Crippen LogP contribution in [-0.4, -0.2) is 66.5 Å². The first-order valence-electron chi connectivity index (χ1n) is 13.3. The zero-order valence-corrected chi connectivity index (χ0v) is 22.3. The number of rotatable bonds is 11. The Morgan fingerprint density at radius 1 is 1.11 bits per heavy atom. The predicted octanol–water partition coefficient (Wildman–Crippen LogP) is 4.95. The van der Waals surface area contributed by atoms with Gasteiger partial charge in [-0.05, 0) is 81.9 Å². The van der Waals surface area contributed by atoms with Crippen LogP contribution in [0.15, 0.2) is 48.0 Å². The number of ether oxygens (including phenoxy) is 2. The molecule has 7 heteroatoms. The number of carbonyl (C=O) groups excluding carboxylic acids is 2. The smallest absolute Gasteiger partial charge is 0.295 e. The van der Waals surface area contributed by atoms with Crippen molar-refractivity contribution in [3.63, 3.8) is 0 Å². The van der Waals surface area contributed by atoms with Crippen LogP contribution in [0, 0.1) is 0 Å². The number of likely N-dealkylation sites (tertiary alicyclic amines) is 1. The van der Waals surface area contributed by atoms with Gasteiger partial charge in [0.1, 0.15) is 23.4 Å². The average Bonchev–Trinajstić information content (AvgIpc) is 3.37. The fourth-order valence-corrected chi connectivity index (χ4v) is 5.03. The summed E-state index contributed by atoms with van der Waals surface area (Å²) in [6.45, 7) is 5.99. The third-order valence-electron chi connectivity index (χ3n) is 6.93. The third kappa shape index (κ3) is 5.99. The fourth-order valence-electron chi connectivity index (χ4n) is 5.03. The van der Waals surface area contributed by atoms with Crippen LogP contribution in [0.4, 0.5) is 0 Å². The van der Waals surface area contributed by atoms with Crippen LogP contribution < -0.4 is 9.47 Å². The minimum atomic E-state index is -0.667. The molecule has 1 N–H and O–H groups in total. The number of Topliss-reactive ketones (excluding diaryl/α,β-unsaturated/α-hetero) is 1. The summed E-state index contributed by atoms with van der Waals surface area (Å²) >= 11 is 0. The van der Waals surface area contributed by atoms with E-state index >= 15 is 0 Å². The third-order valence-corrected chi connectivity index (χ3v) is 6.93. The van der Waals surface area contributed by atoms with Gasteiger partial charge in [0, 0.05) is 18.5 Å². The maximum Gasteiger partial charge on any atom is 0.295 e. The van der Waals surface area contributed by atoms with Crippen molar-refractivity contribution in [2.75, 3.05) is 33.8 Å². The van der Waals surface area contributed by atoms with Crippen molar-refractivity contribution in [1.29, 1.82) is 0 Å². The second kappa shape index (κ2) is 11.8. The van der Waals surface area contributed by atoms with Crippen LogP contribution in [0.5, 0.6) is 11.5 Å². The molecule has 4 rings (SSSR count). The van der Waals surface area contributed by atoms with E-state index in [0.29, 0.717) is 25.1 Å². The second-order valence-electron chi connectivity index (χ2n) is 10.2. The zero-order chi connectivity index (χ0) is 26.5. The van der Waals surface area contributed by atoms with Gasteiger partial charge in [-0.25, -0.2) is 0 Å². The van der Waals surface area contributed by atoms with E-state index in [4.69, 9.17) is 9.47 Å². The minimum absolute atomic E-state index is 0.0670. The molecular formula is C30H38N2O5. The predicted molar refractivity (Wildman–Crippen MR) is 144 cm³/mol. The van der Waals surface area contributed by atoms with Gasteiger partial charge < -0.3 is 24.4 Å². The van der Waals surface area contributed by atoms with Gasteiger partial charge in [-0.1, -0.05) is 31.9 Å². The van der Waals surface area contributed by atoms with E-state index in [1.165, 1.54) is 0 Å². The standard InChI is InChI=1S/C30H38N2O5/c1-5-6-7-17-36-24-12-9-21(10-13-24)27-26(29(34)30(35)32(27)16-8-15-31(3)4)28(33)22-11-14-25-23(19-22)18-20(2)37-25/h9-14,19-20,27,33H,5-8,15-18H2,1-4H3. The second-order valence-corrected chi connectivity index (χ2v) is 10.2. The van der Waals surface area contributed by atoms with Crippen LogP contribution in [0.2, 0.25) is 0 Å². The van der Waals surface area contributed by atoms with Crippen molar-refractivity contribution in [2.24, 2.45) is 0 Å². The molecule has 2 aromatic carbocycles. The van der Waals surface area contributed by atoms with Crippen molar-refractivity contribution in [2.45, 2.75) is 58.1 Å². The first-order valence-corrected chi connectivity index (χ1v) is 13.3. The van der Waals surface area contributed by atoms with Crippen LogP contribution >= 0.6 is 0 Å². The molecule has 1 fully saturated rings. The number of hydrogen-bond acceptors (Lipinski definition) is 6. The molecular weight excluding hydrogens is 468 g/mol. The Morgan fingerprint density at radius 3 is 2.57 bits per heavy atom. The van der Waals surface area contributed by atoms with E-state index < -0.39 is 17.7 Å². The topological polar surface area (TPSA) is 79.3 Å². The van der Waals surface area contributed by atoms with Crippen LogP contribution in [-0.2, 0) is 16.0 Å². The summed E-state index contributed by atoms with van der Waals surface area (Å²) in [4.78, 5) is 30.1. The van der Waals surface area contributed by atoms with Gasteiger partial charge in [0.2, 0.25) is 0 Å². The van der Waals surface area contributed by atoms with Gasteiger partial charge in [-0.2, -0.15) is 0 Å². The quantitative estimate of drug-likeness (QED) is 0.201. The Labute approximate surface area is 219 Å². The molecule has 2 unspecified atom stereocenters. The first-order chi connectivity index (χ1) is 17.8. The van der Waals surface area contributed by atoms with Gasteiger partial charge in [0.25, 0.3) is 11.7 Å². The van der Waals surface area contributed by atoms with Gasteiger partial charge in [-0.3, -0.25) is 9.59 Å². The Hall–Kier alpha value is -3.32. The van der Waals surface area contributed by atoms with Crippen LogP contribution in [0.1, 0.15) is 62.3 Å². The molecule has 2 aromatic rings. The highest BCUT2D eigenvalue weighted by Crippen LogP contribution is 2.41. The molecule has 2 heterocycles. The molecule has 0 aromatic heterocycles. The number of carbonyl (C=O) groups is 2. The average molecular weight is 507 g/mol. The molecule has 1 saturated heterocycles. The fraction of sp³-hybridized carbons (Fsp3) is 0.467. The number of benzene rings is 2. The molecule has 37 heavy (non-hydrogen) atoms. The normalized spacial score (nSPS) is 20.4. The maximum absolute atomic E-state index is 13.3. The van der Waals surface area contributed by atoms with Gasteiger partial charge in [0.15, 0.2) is 0 Å². The largest absolute Gasteiger partial charge is 0.507 e. The van der Waals surface area contributed by atoms with E-state index in [2.05, 4.69) is 6.92 Å². The Morgan fingerprint density at radius 2 is 1.86 bits per heavy atom. The molecule has 0 radical (unpaired) electrons. The Kier molecular flexibility index (Phi) is 8.54. The Bertz CT molecular complexity index is 1160. The number of hydrogen-bond donors (Lipinski definition) is 1. The summed E-state index contributed by atoms with van der Waals surface area (Å²) in [6, 6.07) is 12.3. The molecule has 0 saturated carbocycles. The summed E-state index contributed by atoms with van der Waals surface area (Å²) in [5, 5.41) is 11.4. The number of unbranched alkanes of at least 4 members (excludes halogenated alkanes) is 2. The van der Waals surface area contributed by atoms with Crippen LogP contribution in [0.3, 0.4) is 0 Å². The van der Waals surface area contributed by atoms with E-state index in [1.54, 1.807) is 11.0 Å². The molecule has 2 atom stereocenters. The zero-order valence-electron chi connectivity index (χ0n) is 22.3. The molecule has 0 aliphatic carbocycles. The van der Waals surface area contributed by atoms with Crippen LogP contribution in [0.25, 0.3) is 5.76 Å². The lowest BCUT2D eigenvalue weighted by Crippen LogP contribution is -2.32. The molecule has 2 aliphatic heterocycles. The summed E-state index contributed by atoms with van der Waals surface area (Å²) in [6.07, 6.45) is 4.76. The maximum atomic E-state index is 13.3. The number of aliphatic hydroxyl groups excluding tert-OH is 1. The van der Waals surface area contributed by atoms with E-state index in [0.717, 1.165) is 54.9 Å². The summed E-state index contributed by atoms with van der Waals surface area (Å²) in [7, 11) is 3.95. The number of amides is 1. The number of nitrogens with zero attached hydrogens (tertiary/aromatic N) is 2. The van der Waals surface area contributed by atoms with E-state index in [9.17, 15) is 14.7 Å². The van der Waals surface area contributed by atoms with E-state index in [1.807, 2.05) is 62.3 Å². The molecule has 1 amide bonds. The highest BCUT2D eigenvalue weighted by Gasteiger charge is 2.45. The van der Waals surface area contributed by atoms with Gasteiger partial charge in [-0.15, -0.1) is 0 Å². The number of aliphatic hydroxyl groups is 1. The summed E-state index contributed by atoms with van der Waals surface area (Å²) < 4.78 is 11.6. The number of ketones is 1.